The number of rotatable bonds is 9. The molecule has 0 aliphatic heterocycles. The van der Waals surface area contributed by atoms with E-state index in [9.17, 15) is 0 Å². The minimum absolute atomic E-state index is 0.769. The summed E-state index contributed by atoms with van der Waals surface area (Å²) in [5.41, 5.74) is 0. The lowest BCUT2D eigenvalue weighted by Gasteiger charge is -2.24. The number of nitrogens with zero attached hydrogens (tertiary/aromatic N) is 2. The fourth-order valence-electron chi connectivity index (χ4n) is 1.75. The Hall–Kier alpha value is -0.733. The highest BCUT2D eigenvalue weighted by Crippen LogP contribution is 2.14. The lowest BCUT2D eigenvalue weighted by molar-refractivity contribution is 0.123. The van der Waals surface area contributed by atoms with Gasteiger partial charge in [-0.2, -0.15) is 0 Å². The predicted molar refractivity (Wildman–Crippen MR) is 71.1 cm³/mol. The van der Waals surface area contributed by atoms with Gasteiger partial charge < -0.3 is 23.2 Å². The van der Waals surface area contributed by atoms with Gasteiger partial charge in [0.1, 0.15) is 5.82 Å². The maximum atomic E-state index is 5.36. The minimum atomic E-state index is -2.41. The molecule has 0 aromatic carbocycles. The van der Waals surface area contributed by atoms with E-state index in [0.717, 1.165) is 31.4 Å². The van der Waals surface area contributed by atoms with Gasteiger partial charge in [-0.05, 0) is 13.0 Å². The Morgan fingerprint density at radius 3 is 2.44 bits per heavy atom. The minimum Gasteiger partial charge on any atom is -0.377 e. The van der Waals surface area contributed by atoms with Crippen LogP contribution in [0.1, 0.15) is 12.2 Å². The second-order valence-electron chi connectivity index (χ2n) is 4.03. The van der Waals surface area contributed by atoms with Crippen molar-refractivity contribution in [2.24, 2.45) is 7.05 Å². The Kier molecular flexibility index (Phi) is 6.51. The molecule has 0 aliphatic rings. The maximum Gasteiger partial charge on any atom is 0.500 e. The molecule has 0 radical (unpaired) electrons. The van der Waals surface area contributed by atoms with E-state index in [1.54, 1.807) is 27.5 Å². The molecule has 1 heterocycles. The Labute approximate surface area is 110 Å². The molecule has 0 saturated carbocycles. The van der Waals surface area contributed by atoms with Crippen molar-refractivity contribution in [3.05, 3.63) is 18.2 Å². The average molecular weight is 273 g/mol. The van der Waals surface area contributed by atoms with Gasteiger partial charge >= 0.3 is 8.80 Å². The van der Waals surface area contributed by atoms with Gasteiger partial charge in [-0.1, -0.05) is 0 Å². The molecule has 0 spiro atoms. The number of aryl methyl sites for hydroxylation is 1. The standard InChI is InChI=1S/C11H23N3O3Si/c1-14-8-7-13-11(14)10-12-6-5-9-18(15-2,16-3)17-4/h7-8,12H,5-6,9-10H2,1-4H3. The maximum absolute atomic E-state index is 5.36. The highest BCUT2D eigenvalue weighted by atomic mass is 28.4. The summed E-state index contributed by atoms with van der Waals surface area (Å²) >= 11 is 0. The molecule has 1 rings (SSSR count). The van der Waals surface area contributed by atoms with Crippen LogP contribution in [0.25, 0.3) is 0 Å². The molecule has 0 fully saturated rings. The van der Waals surface area contributed by atoms with E-state index in [0.29, 0.717) is 0 Å². The van der Waals surface area contributed by atoms with Crippen LogP contribution in [-0.4, -0.2) is 46.2 Å². The highest BCUT2D eigenvalue weighted by Gasteiger charge is 2.36. The van der Waals surface area contributed by atoms with Gasteiger partial charge in [-0.3, -0.25) is 0 Å². The topological polar surface area (TPSA) is 57.5 Å². The van der Waals surface area contributed by atoms with Gasteiger partial charge in [0.25, 0.3) is 0 Å². The van der Waals surface area contributed by atoms with E-state index in [-0.39, 0.29) is 0 Å². The molecule has 0 atom stereocenters. The largest absolute Gasteiger partial charge is 0.500 e. The Balaban J connectivity index is 2.20. The molecule has 7 heteroatoms. The summed E-state index contributed by atoms with van der Waals surface area (Å²) in [6.07, 6.45) is 4.69. The van der Waals surface area contributed by atoms with Crippen molar-refractivity contribution in [1.29, 1.82) is 0 Å². The van der Waals surface area contributed by atoms with E-state index < -0.39 is 8.80 Å². The summed E-state index contributed by atoms with van der Waals surface area (Å²) in [6.45, 7) is 1.66. The van der Waals surface area contributed by atoms with Gasteiger partial charge in [-0.15, -0.1) is 0 Å². The van der Waals surface area contributed by atoms with Gasteiger partial charge in [0, 0.05) is 46.8 Å². The van der Waals surface area contributed by atoms with Crippen molar-refractivity contribution in [2.45, 2.75) is 19.0 Å². The third-order valence-corrected chi connectivity index (χ3v) is 5.81. The Morgan fingerprint density at radius 1 is 1.28 bits per heavy atom. The molecule has 0 amide bonds. The summed E-state index contributed by atoms with van der Waals surface area (Å²) in [5.74, 6) is 1.03. The van der Waals surface area contributed by atoms with E-state index in [1.165, 1.54) is 0 Å². The van der Waals surface area contributed by atoms with E-state index in [4.69, 9.17) is 13.3 Å². The zero-order valence-corrected chi connectivity index (χ0v) is 12.6. The number of nitrogens with one attached hydrogen (secondary N) is 1. The summed E-state index contributed by atoms with van der Waals surface area (Å²) in [6, 6.07) is 0.810. The van der Waals surface area contributed by atoms with Crippen LogP contribution in [0, 0.1) is 0 Å². The fourth-order valence-corrected chi connectivity index (χ4v) is 3.48. The van der Waals surface area contributed by atoms with Gasteiger partial charge in [-0.25, -0.2) is 4.98 Å². The molecule has 1 aromatic heterocycles. The number of hydrogen-bond donors (Lipinski definition) is 1. The van der Waals surface area contributed by atoms with Crippen molar-refractivity contribution in [3.63, 3.8) is 0 Å². The lowest BCUT2D eigenvalue weighted by Crippen LogP contribution is -2.43. The second-order valence-corrected chi connectivity index (χ2v) is 7.12. The molecule has 6 nitrogen and oxygen atoms in total. The summed E-state index contributed by atoms with van der Waals surface area (Å²) in [5, 5.41) is 3.35. The van der Waals surface area contributed by atoms with Crippen molar-refractivity contribution in [2.75, 3.05) is 27.9 Å². The van der Waals surface area contributed by atoms with Crippen LogP contribution in [0.5, 0.6) is 0 Å². The summed E-state index contributed by atoms with van der Waals surface area (Å²) in [4.78, 5) is 4.25. The second kappa shape index (κ2) is 7.65. The van der Waals surface area contributed by atoms with E-state index >= 15 is 0 Å². The monoisotopic (exact) mass is 273 g/mol. The van der Waals surface area contributed by atoms with Crippen molar-refractivity contribution >= 4 is 8.80 Å². The van der Waals surface area contributed by atoms with E-state index in [2.05, 4.69) is 10.3 Å². The van der Waals surface area contributed by atoms with E-state index in [1.807, 2.05) is 17.8 Å². The van der Waals surface area contributed by atoms with Crippen LogP contribution in [0.2, 0.25) is 6.04 Å². The SMILES string of the molecule is CO[Si](CCCNCc1nccn1C)(OC)OC. The lowest BCUT2D eigenvalue weighted by atomic mass is 10.4. The Morgan fingerprint density at radius 2 is 1.94 bits per heavy atom. The van der Waals surface area contributed by atoms with Crippen LogP contribution in [-0.2, 0) is 26.9 Å². The van der Waals surface area contributed by atoms with Crippen LogP contribution >= 0.6 is 0 Å². The first-order valence-corrected chi connectivity index (χ1v) is 7.93. The van der Waals surface area contributed by atoms with Crippen LogP contribution in [0.4, 0.5) is 0 Å². The molecule has 104 valence electrons. The third kappa shape index (κ3) is 4.18. The molecular formula is C11H23N3O3Si. The molecule has 0 saturated heterocycles. The zero-order valence-electron chi connectivity index (χ0n) is 11.6. The first-order valence-electron chi connectivity index (χ1n) is 6.00. The first kappa shape index (κ1) is 15.3. The summed E-state index contributed by atoms with van der Waals surface area (Å²) < 4.78 is 18.1. The van der Waals surface area contributed by atoms with Crippen molar-refractivity contribution < 1.29 is 13.3 Å². The third-order valence-electron chi connectivity index (χ3n) is 2.97. The smallest absolute Gasteiger partial charge is 0.377 e. The number of imidazole rings is 1. The molecule has 18 heavy (non-hydrogen) atoms. The number of aromatic nitrogens is 2. The normalized spacial score (nSPS) is 12.0. The summed E-state index contributed by atoms with van der Waals surface area (Å²) in [7, 11) is 4.50. The first-order chi connectivity index (χ1) is 8.67. The van der Waals surface area contributed by atoms with Crippen molar-refractivity contribution in [1.82, 2.24) is 14.9 Å². The molecule has 0 bridgehead atoms. The zero-order chi connectivity index (χ0) is 13.4. The molecule has 1 aromatic rings. The van der Waals surface area contributed by atoms with Crippen LogP contribution < -0.4 is 5.32 Å². The molecule has 0 unspecified atom stereocenters. The van der Waals surface area contributed by atoms with Gasteiger partial charge in [0.2, 0.25) is 0 Å². The quantitative estimate of drug-likeness (QED) is 0.532. The molecular weight excluding hydrogens is 250 g/mol. The highest BCUT2D eigenvalue weighted by molar-refractivity contribution is 6.60. The van der Waals surface area contributed by atoms with Crippen LogP contribution in [0.15, 0.2) is 12.4 Å². The van der Waals surface area contributed by atoms with Gasteiger partial charge in [0.05, 0.1) is 6.54 Å². The molecule has 1 N–H and O–H groups in total. The predicted octanol–water partition coefficient (Wildman–Crippen LogP) is 0.778. The van der Waals surface area contributed by atoms with Gasteiger partial charge in [0.15, 0.2) is 0 Å². The molecule has 0 aliphatic carbocycles. The average Bonchev–Trinajstić information content (AvgIpc) is 2.80. The van der Waals surface area contributed by atoms with Crippen molar-refractivity contribution in [3.8, 4) is 0 Å². The number of hydrogen-bond acceptors (Lipinski definition) is 5. The fraction of sp³-hybridized carbons (Fsp3) is 0.727. The van der Waals surface area contributed by atoms with Crippen LogP contribution in [0.3, 0.4) is 0 Å². The Bertz CT molecular complexity index is 334.